The Kier molecular flexibility index (Phi) is 5.12. The fourth-order valence-electron chi connectivity index (χ4n) is 4.91. The predicted molar refractivity (Wildman–Crippen MR) is 118 cm³/mol. The van der Waals surface area contributed by atoms with E-state index in [2.05, 4.69) is 19.2 Å². The Bertz CT molecular complexity index is 1120. The minimum atomic E-state index is -1.36. The number of fused-ring (bicyclic) bond motifs is 1. The maximum Gasteiger partial charge on any atom is 0.341 e. The molecule has 0 amide bonds. The number of methoxy groups -OCH3 is 1. The normalized spacial score (nSPS) is 20.8. The first-order valence-electron chi connectivity index (χ1n) is 10.5. The van der Waals surface area contributed by atoms with Crippen LogP contribution in [0.5, 0.6) is 5.75 Å². The van der Waals surface area contributed by atoms with Crippen LogP contribution in [0.3, 0.4) is 0 Å². The lowest BCUT2D eigenvalue weighted by Crippen LogP contribution is -2.53. The molecule has 1 aromatic heterocycles. The maximum atomic E-state index is 15.7. The van der Waals surface area contributed by atoms with Crippen LogP contribution in [0.2, 0.25) is 0 Å². The zero-order valence-electron chi connectivity index (χ0n) is 18.3. The monoisotopic (exact) mass is 432 g/mol. The van der Waals surface area contributed by atoms with Crippen molar-refractivity contribution >= 4 is 28.2 Å². The molecule has 2 aromatic rings. The molecular weight excluding hydrogens is 403 g/mol. The maximum absolute atomic E-state index is 15.7. The van der Waals surface area contributed by atoms with Gasteiger partial charge >= 0.3 is 5.97 Å². The summed E-state index contributed by atoms with van der Waals surface area (Å²) < 4.78 is 23.1. The zero-order valence-corrected chi connectivity index (χ0v) is 18.3. The number of nitrogens with zero attached hydrogens (tertiary/aromatic N) is 2. The lowest BCUT2D eigenvalue weighted by atomic mass is 9.79. The Morgan fingerprint density at radius 1 is 1.35 bits per heavy atom. The summed E-state index contributed by atoms with van der Waals surface area (Å²) in [4.78, 5) is 26.5. The Morgan fingerprint density at radius 3 is 2.55 bits per heavy atom. The summed E-state index contributed by atoms with van der Waals surface area (Å²) in [6, 6.07) is 0.303. The van der Waals surface area contributed by atoms with Crippen molar-refractivity contribution in [1.29, 1.82) is 0 Å². The van der Waals surface area contributed by atoms with Gasteiger partial charge in [0, 0.05) is 31.4 Å². The number of hydrogen-bond acceptors (Lipinski definition) is 6. The SMILES string of the molecule is CNC1CCN(c2c(F)c(N)c3c(=O)c(C(=O)O)cn(C4CC4)c3c2OC)CC1(C)C. The third kappa shape index (κ3) is 3.31. The van der Waals surface area contributed by atoms with Crippen molar-refractivity contribution in [2.45, 2.75) is 45.2 Å². The highest BCUT2D eigenvalue weighted by Gasteiger charge is 2.39. The van der Waals surface area contributed by atoms with E-state index in [1.807, 2.05) is 11.9 Å². The third-order valence-electron chi connectivity index (χ3n) is 6.65. The fraction of sp³-hybridized carbons (Fsp3) is 0.545. The average molecular weight is 432 g/mol. The van der Waals surface area contributed by atoms with Gasteiger partial charge in [-0.3, -0.25) is 4.79 Å². The van der Waals surface area contributed by atoms with E-state index in [1.165, 1.54) is 13.3 Å². The van der Waals surface area contributed by atoms with Gasteiger partial charge in [0.2, 0.25) is 5.43 Å². The lowest BCUT2D eigenvalue weighted by Gasteiger charge is -2.45. The molecule has 168 valence electrons. The van der Waals surface area contributed by atoms with E-state index in [9.17, 15) is 14.7 Å². The average Bonchev–Trinajstić information content (AvgIpc) is 3.54. The molecular formula is C22H29FN4O4. The van der Waals surface area contributed by atoms with Crippen molar-refractivity contribution < 1.29 is 19.0 Å². The molecule has 1 saturated carbocycles. The van der Waals surface area contributed by atoms with Crippen molar-refractivity contribution in [2.75, 3.05) is 37.9 Å². The van der Waals surface area contributed by atoms with Crippen molar-refractivity contribution in [3.8, 4) is 5.75 Å². The van der Waals surface area contributed by atoms with E-state index in [4.69, 9.17) is 10.5 Å². The first-order valence-corrected chi connectivity index (χ1v) is 10.5. The van der Waals surface area contributed by atoms with Crippen molar-refractivity contribution in [3.05, 3.63) is 27.8 Å². The second-order valence-electron chi connectivity index (χ2n) is 9.19. The molecule has 0 spiro atoms. The molecule has 1 atom stereocenters. The van der Waals surface area contributed by atoms with Gasteiger partial charge < -0.3 is 30.4 Å². The van der Waals surface area contributed by atoms with Gasteiger partial charge in [-0.1, -0.05) is 13.8 Å². The second kappa shape index (κ2) is 7.40. The standard InChI is InChI=1S/C22H29FN4O4/c1-22(2)10-26(8-7-13(22)25-3)18-15(23)16(24)14-17(20(18)31-4)27(11-5-6-11)9-12(19(14)28)21(29)30/h9,11,13,25H,5-8,10,24H2,1-4H3,(H,29,30). The van der Waals surface area contributed by atoms with Gasteiger partial charge in [-0.25, -0.2) is 9.18 Å². The number of pyridine rings is 1. The van der Waals surface area contributed by atoms with E-state index >= 15 is 4.39 Å². The molecule has 8 nitrogen and oxygen atoms in total. The van der Waals surface area contributed by atoms with Crippen LogP contribution < -0.4 is 26.1 Å². The van der Waals surface area contributed by atoms with Gasteiger partial charge in [0.05, 0.1) is 23.7 Å². The molecule has 4 N–H and O–H groups in total. The number of piperidine rings is 1. The number of carbonyl (C=O) groups is 1. The Labute approximate surface area is 179 Å². The highest BCUT2D eigenvalue weighted by Crippen LogP contribution is 2.47. The Hall–Kier alpha value is -2.81. The number of nitrogen functional groups attached to an aromatic ring is 1. The number of carboxylic acid groups (broad SMARTS) is 1. The minimum Gasteiger partial charge on any atom is -0.492 e. The van der Waals surface area contributed by atoms with Crippen molar-refractivity contribution in [1.82, 2.24) is 9.88 Å². The van der Waals surface area contributed by atoms with Crippen LogP contribution in [-0.4, -0.2) is 48.9 Å². The summed E-state index contributed by atoms with van der Waals surface area (Å²) in [6.07, 6.45) is 3.82. The van der Waals surface area contributed by atoms with E-state index in [0.29, 0.717) is 18.6 Å². The van der Waals surface area contributed by atoms with Crippen LogP contribution in [0.4, 0.5) is 15.8 Å². The van der Waals surface area contributed by atoms with E-state index < -0.39 is 22.8 Å². The fourth-order valence-corrected chi connectivity index (χ4v) is 4.91. The summed E-state index contributed by atoms with van der Waals surface area (Å²) in [5, 5.41) is 12.7. The summed E-state index contributed by atoms with van der Waals surface area (Å²) >= 11 is 0. The number of nitrogens with one attached hydrogen (secondary N) is 1. The predicted octanol–water partition coefficient (Wildman–Crippen LogP) is 2.59. The van der Waals surface area contributed by atoms with Crippen LogP contribution in [0.15, 0.2) is 11.0 Å². The number of aromatic carboxylic acids is 1. The molecule has 1 aliphatic carbocycles. The minimum absolute atomic E-state index is 0.0271. The van der Waals surface area contributed by atoms with Crippen molar-refractivity contribution in [3.63, 3.8) is 0 Å². The zero-order chi connectivity index (χ0) is 22.7. The smallest absolute Gasteiger partial charge is 0.341 e. The quantitative estimate of drug-likeness (QED) is 0.623. The summed E-state index contributed by atoms with van der Waals surface area (Å²) in [5.41, 5.74) is 5.06. The molecule has 4 rings (SSSR count). The highest BCUT2D eigenvalue weighted by atomic mass is 19.1. The molecule has 0 radical (unpaired) electrons. The first-order chi connectivity index (χ1) is 14.6. The second-order valence-corrected chi connectivity index (χ2v) is 9.19. The number of aromatic nitrogens is 1. The van der Waals surface area contributed by atoms with Crippen LogP contribution in [0, 0.1) is 11.2 Å². The van der Waals surface area contributed by atoms with Crippen LogP contribution in [0.1, 0.15) is 49.5 Å². The Balaban J connectivity index is 2.02. The number of nitrogens with two attached hydrogens (primary N) is 1. The Morgan fingerprint density at radius 2 is 2.03 bits per heavy atom. The molecule has 1 aliphatic heterocycles. The largest absolute Gasteiger partial charge is 0.492 e. The van der Waals surface area contributed by atoms with E-state index in [0.717, 1.165) is 19.3 Å². The molecule has 2 heterocycles. The van der Waals surface area contributed by atoms with Gasteiger partial charge in [0.1, 0.15) is 11.3 Å². The van der Waals surface area contributed by atoms with Gasteiger partial charge in [0.15, 0.2) is 11.6 Å². The number of benzene rings is 1. The van der Waals surface area contributed by atoms with Crippen LogP contribution in [0.25, 0.3) is 10.9 Å². The van der Waals surface area contributed by atoms with Crippen LogP contribution in [-0.2, 0) is 0 Å². The summed E-state index contributed by atoms with van der Waals surface area (Å²) in [5.74, 6) is -1.88. The van der Waals surface area contributed by atoms with Crippen molar-refractivity contribution in [2.24, 2.45) is 5.41 Å². The molecule has 1 unspecified atom stereocenters. The third-order valence-corrected chi connectivity index (χ3v) is 6.65. The summed E-state index contributed by atoms with van der Waals surface area (Å²) in [6.45, 7) is 5.40. The lowest BCUT2D eigenvalue weighted by molar-refractivity contribution is 0.0695. The highest BCUT2D eigenvalue weighted by molar-refractivity contribution is 6.03. The number of carboxylic acids is 1. The molecule has 9 heteroatoms. The molecule has 0 bridgehead atoms. The number of halogens is 1. The number of rotatable bonds is 5. The van der Waals surface area contributed by atoms with E-state index in [-0.39, 0.29) is 40.0 Å². The molecule has 2 fully saturated rings. The molecule has 2 aliphatic rings. The number of ether oxygens (including phenoxy) is 1. The molecule has 1 aromatic carbocycles. The topological polar surface area (TPSA) is 110 Å². The molecule has 1 saturated heterocycles. The number of anilines is 2. The van der Waals surface area contributed by atoms with E-state index in [1.54, 1.807) is 4.57 Å². The van der Waals surface area contributed by atoms with Crippen LogP contribution >= 0.6 is 0 Å². The van der Waals surface area contributed by atoms with Gasteiger partial charge in [-0.15, -0.1) is 0 Å². The number of hydrogen-bond donors (Lipinski definition) is 3. The molecule has 31 heavy (non-hydrogen) atoms. The van der Waals surface area contributed by atoms with Gasteiger partial charge in [0.25, 0.3) is 0 Å². The summed E-state index contributed by atoms with van der Waals surface area (Å²) in [7, 11) is 3.36. The van der Waals surface area contributed by atoms with Gasteiger partial charge in [-0.05, 0) is 31.7 Å². The first kappa shape index (κ1) is 21.4. The van der Waals surface area contributed by atoms with Gasteiger partial charge in [-0.2, -0.15) is 0 Å².